The van der Waals surface area contributed by atoms with Gasteiger partial charge in [-0.15, -0.1) is 10.2 Å². The summed E-state index contributed by atoms with van der Waals surface area (Å²) in [6, 6.07) is 14.5. The molecule has 4 rings (SSSR count). The maximum Gasteiger partial charge on any atom is 0.204 e. The van der Waals surface area contributed by atoms with Crippen molar-refractivity contribution in [2.24, 2.45) is 5.10 Å². The second-order valence-electron chi connectivity index (χ2n) is 5.31. The van der Waals surface area contributed by atoms with E-state index in [4.69, 9.17) is 0 Å². The summed E-state index contributed by atoms with van der Waals surface area (Å²) >= 11 is 0. The van der Waals surface area contributed by atoms with E-state index in [1.54, 1.807) is 12.1 Å². The van der Waals surface area contributed by atoms with E-state index in [1.165, 1.54) is 12.1 Å². The van der Waals surface area contributed by atoms with Crippen molar-refractivity contribution in [1.82, 2.24) is 26.0 Å². The molecule has 0 saturated carbocycles. The zero-order valence-corrected chi connectivity index (χ0v) is 12.1. The van der Waals surface area contributed by atoms with Gasteiger partial charge < -0.3 is 5.43 Å². The number of hydrogen-bond acceptors (Lipinski definition) is 5. The zero-order chi connectivity index (χ0) is 15.6. The highest BCUT2D eigenvalue weighted by Gasteiger charge is 2.21. The first-order valence-electron chi connectivity index (χ1n) is 7.21. The number of nitrogens with zero attached hydrogens (tertiary/aromatic N) is 4. The van der Waals surface area contributed by atoms with E-state index in [1.807, 2.05) is 24.3 Å². The van der Waals surface area contributed by atoms with Crippen LogP contribution >= 0.6 is 0 Å². The molecule has 2 aromatic carbocycles. The Hall–Kier alpha value is -3.09. The lowest BCUT2D eigenvalue weighted by molar-refractivity contribution is 0.620. The highest BCUT2D eigenvalue weighted by Crippen LogP contribution is 2.26. The molecule has 0 aliphatic carbocycles. The van der Waals surface area contributed by atoms with Gasteiger partial charge in [0, 0.05) is 12.0 Å². The molecule has 0 spiro atoms. The third kappa shape index (κ3) is 2.68. The maximum atomic E-state index is 13.0. The SMILES string of the molecule is Fc1ccc(C2=NNC(c3ccc(-c4nn[nH]n4)cc3)C2)cc1. The number of benzene rings is 2. The first-order chi connectivity index (χ1) is 11.3. The average molecular weight is 308 g/mol. The molecule has 0 amide bonds. The van der Waals surface area contributed by atoms with Gasteiger partial charge in [0.25, 0.3) is 0 Å². The Balaban J connectivity index is 1.49. The molecule has 2 N–H and O–H groups in total. The molecule has 3 aromatic rings. The summed E-state index contributed by atoms with van der Waals surface area (Å²) in [4.78, 5) is 0. The van der Waals surface area contributed by atoms with E-state index in [-0.39, 0.29) is 11.9 Å². The van der Waals surface area contributed by atoms with E-state index >= 15 is 0 Å². The number of nitrogens with one attached hydrogen (secondary N) is 2. The van der Waals surface area contributed by atoms with Crippen LogP contribution in [0.4, 0.5) is 4.39 Å². The lowest BCUT2D eigenvalue weighted by Gasteiger charge is -2.10. The predicted molar refractivity (Wildman–Crippen MR) is 83.0 cm³/mol. The summed E-state index contributed by atoms with van der Waals surface area (Å²) in [6.07, 6.45) is 0.757. The Morgan fingerprint density at radius 2 is 1.70 bits per heavy atom. The van der Waals surface area contributed by atoms with E-state index in [0.29, 0.717) is 5.82 Å². The smallest absolute Gasteiger partial charge is 0.204 e. The van der Waals surface area contributed by atoms with Crippen molar-refractivity contribution in [1.29, 1.82) is 0 Å². The summed E-state index contributed by atoms with van der Waals surface area (Å²) in [5.41, 5.74) is 7.02. The third-order valence-electron chi connectivity index (χ3n) is 3.85. The van der Waals surface area contributed by atoms with Gasteiger partial charge in [-0.05, 0) is 28.5 Å². The molecule has 2 heterocycles. The minimum Gasteiger partial charge on any atom is -0.302 e. The van der Waals surface area contributed by atoms with Crippen molar-refractivity contribution in [3.05, 3.63) is 65.5 Å². The van der Waals surface area contributed by atoms with Crippen LogP contribution < -0.4 is 5.43 Å². The fraction of sp³-hybridized carbons (Fsp3) is 0.125. The summed E-state index contributed by atoms with van der Waals surface area (Å²) in [5.74, 6) is 0.327. The van der Waals surface area contributed by atoms with E-state index in [2.05, 4.69) is 31.2 Å². The van der Waals surface area contributed by atoms with Gasteiger partial charge in [-0.25, -0.2) is 4.39 Å². The second-order valence-corrected chi connectivity index (χ2v) is 5.31. The second kappa shape index (κ2) is 5.60. The number of hydrogen-bond donors (Lipinski definition) is 2. The molecule has 0 fully saturated rings. The monoisotopic (exact) mass is 308 g/mol. The number of rotatable bonds is 3. The fourth-order valence-corrected chi connectivity index (χ4v) is 2.61. The highest BCUT2D eigenvalue weighted by atomic mass is 19.1. The lowest BCUT2D eigenvalue weighted by atomic mass is 9.98. The van der Waals surface area contributed by atoms with Crippen LogP contribution in [0.3, 0.4) is 0 Å². The Kier molecular flexibility index (Phi) is 3.30. The van der Waals surface area contributed by atoms with E-state index in [0.717, 1.165) is 28.8 Å². The Bertz CT molecular complexity index is 824. The van der Waals surface area contributed by atoms with Crippen molar-refractivity contribution < 1.29 is 4.39 Å². The number of H-pyrrole nitrogens is 1. The van der Waals surface area contributed by atoms with Crippen molar-refractivity contribution in [3.63, 3.8) is 0 Å². The summed E-state index contributed by atoms with van der Waals surface area (Å²) in [7, 11) is 0. The largest absolute Gasteiger partial charge is 0.302 e. The van der Waals surface area contributed by atoms with Crippen molar-refractivity contribution >= 4 is 5.71 Å². The van der Waals surface area contributed by atoms with Gasteiger partial charge in [0.2, 0.25) is 5.82 Å². The molecular formula is C16H13FN6. The predicted octanol–water partition coefficient (Wildman–Crippen LogP) is 2.44. The van der Waals surface area contributed by atoms with Crippen LogP contribution in [-0.4, -0.2) is 26.3 Å². The molecule has 1 aromatic heterocycles. The minimum atomic E-state index is -0.242. The highest BCUT2D eigenvalue weighted by molar-refractivity contribution is 6.01. The number of hydrazone groups is 1. The van der Waals surface area contributed by atoms with Crippen LogP contribution in [0.1, 0.15) is 23.6 Å². The van der Waals surface area contributed by atoms with Crippen molar-refractivity contribution in [2.75, 3.05) is 0 Å². The van der Waals surface area contributed by atoms with Crippen LogP contribution in [0.2, 0.25) is 0 Å². The van der Waals surface area contributed by atoms with Crippen LogP contribution in [0.15, 0.2) is 53.6 Å². The Labute approximate surface area is 131 Å². The molecule has 0 radical (unpaired) electrons. The molecule has 7 heteroatoms. The molecule has 1 unspecified atom stereocenters. The van der Waals surface area contributed by atoms with Gasteiger partial charge >= 0.3 is 0 Å². The fourth-order valence-electron chi connectivity index (χ4n) is 2.61. The van der Waals surface area contributed by atoms with E-state index < -0.39 is 0 Å². The van der Waals surface area contributed by atoms with Crippen molar-refractivity contribution in [3.8, 4) is 11.4 Å². The summed E-state index contributed by atoms with van der Waals surface area (Å²) < 4.78 is 13.0. The summed E-state index contributed by atoms with van der Waals surface area (Å²) in [5, 5.41) is 18.3. The standard InChI is InChI=1S/C16H13FN6/c17-13-7-5-11(6-8-13)15-9-14(18-19-15)10-1-3-12(4-2-10)16-20-22-23-21-16/h1-8,14,18H,9H2,(H,20,21,22,23). The molecule has 1 aliphatic heterocycles. The maximum absolute atomic E-state index is 13.0. The lowest BCUT2D eigenvalue weighted by Crippen LogP contribution is -2.09. The number of aromatic amines is 1. The topological polar surface area (TPSA) is 78.9 Å². The molecule has 114 valence electrons. The Morgan fingerprint density at radius 1 is 0.957 bits per heavy atom. The van der Waals surface area contributed by atoms with Gasteiger partial charge in [0.05, 0.1) is 11.8 Å². The first-order valence-corrected chi connectivity index (χ1v) is 7.21. The molecule has 0 saturated heterocycles. The van der Waals surface area contributed by atoms with Gasteiger partial charge in [-0.3, -0.25) is 0 Å². The molecule has 1 aliphatic rings. The van der Waals surface area contributed by atoms with Crippen LogP contribution in [0.25, 0.3) is 11.4 Å². The number of aromatic nitrogens is 4. The molecule has 1 atom stereocenters. The normalized spacial score (nSPS) is 16.9. The zero-order valence-electron chi connectivity index (χ0n) is 12.1. The average Bonchev–Trinajstić information content (AvgIpc) is 3.28. The van der Waals surface area contributed by atoms with Crippen LogP contribution in [0, 0.1) is 5.82 Å². The first kappa shape index (κ1) is 13.6. The third-order valence-corrected chi connectivity index (χ3v) is 3.85. The Morgan fingerprint density at radius 3 is 2.39 bits per heavy atom. The van der Waals surface area contributed by atoms with E-state index in [9.17, 15) is 4.39 Å². The molecule has 23 heavy (non-hydrogen) atoms. The van der Waals surface area contributed by atoms with Crippen LogP contribution in [0.5, 0.6) is 0 Å². The molecule has 6 nitrogen and oxygen atoms in total. The van der Waals surface area contributed by atoms with Crippen molar-refractivity contribution in [2.45, 2.75) is 12.5 Å². The van der Waals surface area contributed by atoms with Gasteiger partial charge in [-0.1, -0.05) is 36.4 Å². The quantitative estimate of drug-likeness (QED) is 0.779. The van der Waals surface area contributed by atoms with Crippen LogP contribution in [-0.2, 0) is 0 Å². The van der Waals surface area contributed by atoms with Gasteiger partial charge in [0.1, 0.15) is 5.82 Å². The number of halogens is 1. The minimum absolute atomic E-state index is 0.106. The number of tetrazole rings is 1. The molecular weight excluding hydrogens is 295 g/mol. The van der Waals surface area contributed by atoms with Gasteiger partial charge in [-0.2, -0.15) is 10.3 Å². The summed E-state index contributed by atoms with van der Waals surface area (Å²) in [6.45, 7) is 0. The molecule has 0 bridgehead atoms. The van der Waals surface area contributed by atoms with Gasteiger partial charge in [0.15, 0.2) is 0 Å².